The van der Waals surface area contributed by atoms with E-state index in [4.69, 9.17) is 0 Å². The molecule has 0 unspecified atom stereocenters. The first-order valence-electron chi connectivity index (χ1n) is 6.14. The van der Waals surface area contributed by atoms with E-state index in [0.29, 0.717) is 13.0 Å². The molecule has 0 aliphatic heterocycles. The van der Waals surface area contributed by atoms with Crippen LogP contribution < -0.4 is 4.72 Å². The van der Waals surface area contributed by atoms with E-state index < -0.39 is 10.0 Å². The summed E-state index contributed by atoms with van der Waals surface area (Å²) in [6.45, 7) is 2.27. The van der Waals surface area contributed by atoms with E-state index in [-0.39, 0.29) is 4.90 Å². The van der Waals surface area contributed by atoms with Crippen LogP contribution in [-0.2, 0) is 16.4 Å². The highest BCUT2D eigenvalue weighted by molar-refractivity contribution is 9.10. The molecule has 4 nitrogen and oxygen atoms in total. The van der Waals surface area contributed by atoms with Crippen LogP contribution in [0.1, 0.15) is 11.1 Å². The zero-order valence-corrected chi connectivity index (χ0v) is 13.4. The van der Waals surface area contributed by atoms with Gasteiger partial charge in [-0.25, -0.2) is 13.1 Å². The van der Waals surface area contributed by atoms with Crippen LogP contribution >= 0.6 is 15.9 Å². The summed E-state index contributed by atoms with van der Waals surface area (Å²) in [5, 5.41) is 0. The van der Waals surface area contributed by atoms with Crippen molar-refractivity contribution < 1.29 is 8.42 Å². The van der Waals surface area contributed by atoms with Crippen LogP contribution in [0.5, 0.6) is 0 Å². The van der Waals surface area contributed by atoms with Crippen LogP contribution in [0.25, 0.3) is 0 Å². The van der Waals surface area contributed by atoms with Gasteiger partial charge in [-0.1, -0.05) is 17.7 Å². The number of sulfonamides is 1. The molecule has 6 heteroatoms. The number of nitrogens with one attached hydrogen (secondary N) is 1. The Labute approximate surface area is 127 Å². The number of aromatic nitrogens is 1. The SMILES string of the molecule is Cc1ccc(S(=O)(=O)NCCc2ccncc2Br)cc1. The third-order valence-electron chi connectivity index (χ3n) is 2.87. The highest BCUT2D eigenvalue weighted by Gasteiger charge is 2.12. The molecule has 0 aliphatic carbocycles. The molecule has 0 spiro atoms. The monoisotopic (exact) mass is 354 g/mol. The summed E-state index contributed by atoms with van der Waals surface area (Å²) in [5.41, 5.74) is 2.05. The minimum absolute atomic E-state index is 0.289. The van der Waals surface area contributed by atoms with Gasteiger partial charge in [-0.05, 0) is 53.0 Å². The molecule has 0 saturated heterocycles. The highest BCUT2D eigenvalue weighted by Crippen LogP contribution is 2.15. The fraction of sp³-hybridized carbons (Fsp3) is 0.214. The van der Waals surface area contributed by atoms with E-state index in [9.17, 15) is 8.42 Å². The Morgan fingerprint density at radius 2 is 1.90 bits per heavy atom. The van der Waals surface area contributed by atoms with Crippen molar-refractivity contribution in [2.24, 2.45) is 0 Å². The van der Waals surface area contributed by atoms with Crippen LogP contribution in [0.4, 0.5) is 0 Å². The third-order valence-corrected chi connectivity index (χ3v) is 5.07. The second-order valence-corrected chi connectivity index (χ2v) is 7.05. The molecule has 0 aliphatic rings. The van der Waals surface area contributed by atoms with Gasteiger partial charge in [-0.2, -0.15) is 0 Å². The molecule has 2 aromatic rings. The first-order valence-corrected chi connectivity index (χ1v) is 8.41. The van der Waals surface area contributed by atoms with Crippen molar-refractivity contribution in [1.82, 2.24) is 9.71 Å². The van der Waals surface area contributed by atoms with Crippen LogP contribution in [0, 0.1) is 6.92 Å². The van der Waals surface area contributed by atoms with Crippen molar-refractivity contribution in [2.45, 2.75) is 18.2 Å². The van der Waals surface area contributed by atoms with Gasteiger partial charge in [0.1, 0.15) is 0 Å². The number of hydrogen-bond acceptors (Lipinski definition) is 3. The maximum Gasteiger partial charge on any atom is 0.240 e. The molecule has 2 rings (SSSR count). The number of halogens is 1. The van der Waals surface area contributed by atoms with E-state index in [1.54, 1.807) is 36.7 Å². The van der Waals surface area contributed by atoms with Gasteiger partial charge >= 0.3 is 0 Å². The van der Waals surface area contributed by atoms with Crippen LogP contribution in [0.15, 0.2) is 52.1 Å². The minimum atomic E-state index is -3.44. The molecular formula is C14H15BrN2O2S. The second kappa shape index (κ2) is 6.47. The standard InChI is InChI=1S/C14H15BrN2O2S/c1-11-2-4-13(5-3-11)20(18,19)17-9-7-12-6-8-16-10-14(12)15/h2-6,8,10,17H,7,9H2,1H3. The van der Waals surface area contributed by atoms with Crippen LogP contribution in [0.3, 0.4) is 0 Å². The van der Waals surface area contributed by atoms with Crippen molar-refractivity contribution in [3.63, 3.8) is 0 Å². The average Bonchev–Trinajstić information content (AvgIpc) is 2.41. The Morgan fingerprint density at radius 1 is 1.20 bits per heavy atom. The van der Waals surface area contributed by atoms with Gasteiger partial charge in [0.25, 0.3) is 0 Å². The van der Waals surface area contributed by atoms with Crippen molar-refractivity contribution >= 4 is 26.0 Å². The van der Waals surface area contributed by atoms with Gasteiger partial charge in [0.15, 0.2) is 0 Å². The largest absolute Gasteiger partial charge is 0.264 e. The van der Waals surface area contributed by atoms with E-state index >= 15 is 0 Å². The zero-order valence-electron chi connectivity index (χ0n) is 11.0. The Morgan fingerprint density at radius 3 is 2.55 bits per heavy atom. The van der Waals surface area contributed by atoms with Crippen molar-refractivity contribution in [3.05, 3.63) is 58.3 Å². The number of benzene rings is 1. The Bertz CT molecular complexity index is 685. The summed E-state index contributed by atoms with van der Waals surface area (Å²) in [5.74, 6) is 0. The molecule has 0 saturated carbocycles. The van der Waals surface area contributed by atoms with E-state index in [0.717, 1.165) is 15.6 Å². The van der Waals surface area contributed by atoms with Gasteiger partial charge < -0.3 is 0 Å². The lowest BCUT2D eigenvalue weighted by Crippen LogP contribution is -2.26. The maximum absolute atomic E-state index is 12.1. The van der Waals surface area contributed by atoms with E-state index in [1.165, 1.54) is 0 Å². The molecule has 0 fully saturated rings. The van der Waals surface area contributed by atoms with Gasteiger partial charge in [-0.3, -0.25) is 4.98 Å². The van der Waals surface area contributed by atoms with Crippen LogP contribution in [-0.4, -0.2) is 19.9 Å². The number of nitrogens with zero attached hydrogens (tertiary/aromatic N) is 1. The molecule has 1 aromatic heterocycles. The van der Waals surface area contributed by atoms with E-state index in [2.05, 4.69) is 25.6 Å². The van der Waals surface area contributed by atoms with Gasteiger partial charge in [0.05, 0.1) is 4.90 Å². The first-order chi connectivity index (χ1) is 9.49. The summed E-state index contributed by atoms with van der Waals surface area (Å²) >= 11 is 3.39. The third kappa shape index (κ3) is 3.88. The molecule has 1 heterocycles. The maximum atomic E-state index is 12.1. The fourth-order valence-corrected chi connectivity index (χ4v) is 3.21. The summed E-state index contributed by atoms with van der Waals surface area (Å²) in [7, 11) is -3.44. The molecular weight excluding hydrogens is 340 g/mol. The van der Waals surface area contributed by atoms with Gasteiger partial charge in [-0.15, -0.1) is 0 Å². The Hall–Kier alpha value is -1.24. The molecule has 0 radical (unpaired) electrons. The number of aryl methyl sites for hydroxylation is 1. The molecule has 1 aromatic carbocycles. The summed E-state index contributed by atoms with van der Waals surface area (Å²) in [6, 6.07) is 8.66. The highest BCUT2D eigenvalue weighted by atomic mass is 79.9. The predicted octanol–water partition coefficient (Wildman–Crippen LogP) is 2.67. The molecule has 0 atom stereocenters. The normalized spacial score (nSPS) is 11.5. The lowest BCUT2D eigenvalue weighted by Gasteiger charge is -2.08. The molecule has 20 heavy (non-hydrogen) atoms. The molecule has 0 bridgehead atoms. The predicted molar refractivity (Wildman–Crippen MR) is 82.0 cm³/mol. The van der Waals surface area contributed by atoms with Crippen LogP contribution in [0.2, 0.25) is 0 Å². The smallest absolute Gasteiger partial charge is 0.240 e. The summed E-state index contributed by atoms with van der Waals surface area (Å²) < 4.78 is 27.7. The second-order valence-electron chi connectivity index (χ2n) is 4.43. The topological polar surface area (TPSA) is 59.1 Å². The van der Waals surface area contributed by atoms with Crippen molar-refractivity contribution in [1.29, 1.82) is 0 Å². The average molecular weight is 355 g/mol. The van der Waals surface area contributed by atoms with E-state index in [1.807, 2.05) is 13.0 Å². The zero-order chi connectivity index (χ0) is 14.6. The van der Waals surface area contributed by atoms with Crippen molar-refractivity contribution in [3.8, 4) is 0 Å². The first kappa shape index (κ1) is 15.2. The quantitative estimate of drug-likeness (QED) is 0.897. The lowest BCUT2D eigenvalue weighted by molar-refractivity contribution is 0.581. The molecule has 1 N–H and O–H groups in total. The van der Waals surface area contributed by atoms with Gasteiger partial charge in [0, 0.05) is 23.4 Å². The number of pyridine rings is 1. The Balaban J connectivity index is 2.00. The molecule has 0 amide bonds. The summed E-state index contributed by atoms with van der Waals surface area (Å²) in [4.78, 5) is 4.26. The number of hydrogen-bond donors (Lipinski definition) is 1. The minimum Gasteiger partial charge on any atom is -0.264 e. The van der Waals surface area contributed by atoms with Gasteiger partial charge in [0.2, 0.25) is 10.0 Å². The van der Waals surface area contributed by atoms with Crippen molar-refractivity contribution in [2.75, 3.05) is 6.54 Å². The summed E-state index contributed by atoms with van der Waals surface area (Å²) in [6.07, 6.45) is 3.99. The number of rotatable bonds is 5. The fourth-order valence-electron chi connectivity index (χ4n) is 1.73. The lowest BCUT2D eigenvalue weighted by atomic mass is 10.2. The Kier molecular flexibility index (Phi) is 4.91. The molecule has 106 valence electrons.